The third-order valence-corrected chi connectivity index (χ3v) is 6.99. The zero-order valence-electron chi connectivity index (χ0n) is 17.5. The van der Waals surface area contributed by atoms with E-state index in [1.165, 1.54) is 7.11 Å². The Bertz CT molecular complexity index is 790. The first-order valence-corrected chi connectivity index (χ1v) is 10.9. The van der Waals surface area contributed by atoms with Crippen molar-refractivity contribution in [1.29, 1.82) is 0 Å². The average molecular weight is 418 g/mol. The third-order valence-electron chi connectivity index (χ3n) is 6.99. The Kier molecular flexibility index (Phi) is 6.02. The van der Waals surface area contributed by atoms with E-state index in [0.717, 1.165) is 19.3 Å². The lowest BCUT2D eigenvalue weighted by Gasteiger charge is -2.35. The number of rotatable bonds is 4. The Balaban J connectivity index is 1.40. The van der Waals surface area contributed by atoms with E-state index in [9.17, 15) is 19.8 Å². The number of hydrogen-bond acceptors (Lipinski definition) is 6. The molecule has 2 aliphatic carbocycles. The average Bonchev–Trinajstić information content (AvgIpc) is 3.16. The van der Waals surface area contributed by atoms with E-state index in [-0.39, 0.29) is 17.7 Å². The van der Waals surface area contributed by atoms with Gasteiger partial charge in [-0.25, -0.2) is 4.79 Å². The lowest BCUT2D eigenvalue weighted by Crippen LogP contribution is -2.49. The number of esters is 1. The predicted molar refractivity (Wildman–Crippen MR) is 109 cm³/mol. The molecule has 0 bridgehead atoms. The second kappa shape index (κ2) is 8.55. The van der Waals surface area contributed by atoms with Gasteiger partial charge in [-0.05, 0) is 55.7 Å². The number of likely N-dealkylation sites (tertiary alicyclic amines) is 1. The van der Waals surface area contributed by atoms with Gasteiger partial charge in [0.2, 0.25) is 0 Å². The molecule has 0 aromatic heterocycles. The van der Waals surface area contributed by atoms with Crippen molar-refractivity contribution in [3.8, 4) is 5.75 Å². The molecule has 0 radical (unpaired) electrons. The van der Waals surface area contributed by atoms with Gasteiger partial charge in [0.15, 0.2) is 0 Å². The Hall–Kier alpha value is -2.12. The summed E-state index contributed by atoms with van der Waals surface area (Å²) in [5.41, 5.74) is -0.814. The predicted octanol–water partition coefficient (Wildman–Crippen LogP) is 2.15. The van der Waals surface area contributed by atoms with E-state index in [1.807, 2.05) is 0 Å². The summed E-state index contributed by atoms with van der Waals surface area (Å²) in [5, 5.41) is 21.5. The van der Waals surface area contributed by atoms with Crippen LogP contribution in [0.3, 0.4) is 0 Å². The zero-order valence-corrected chi connectivity index (χ0v) is 17.5. The number of benzene rings is 1. The van der Waals surface area contributed by atoms with Gasteiger partial charge in [-0.3, -0.25) is 4.79 Å². The highest BCUT2D eigenvalue weighted by Crippen LogP contribution is 2.40. The zero-order chi connectivity index (χ0) is 21.3. The molecule has 4 rings (SSSR count). The Morgan fingerprint density at radius 2 is 1.80 bits per heavy atom. The fourth-order valence-electron chi connectivity index (χ4n) is 5.32. The molecule has 0 unspecified atom stereocenters. The summed E-state index contributed by atoms with van der Waals surface area (Å²) in [4.78, 5) is 26.5. The van der Waals surface area contributed by atoms with Crippen LogP contribution in [-0.4, -0.2) is 65.0 Å². The largest absolute Gasteiger partial charge is 0.488 e. The molecule has 3 fully saturated rings. The van der Waals surface area contributed by atoms with Crippen molar-refractivity contribution in [1.82, 2.24) is 4.90 Å². The molecule has 1 saturated heterocycles. The molecule has 30 heavy (non-hydrogen) atoms. The number of aliphatic hydroxyl groups excluding tert-OH is 1. The lowest BCUT2D eigenvalue weighted by atomic mass is 9.78. The molecule has 1 aromatic rings. The number of hydrogen-bond donors (Lipinski definition) is 2. The number of fused-ring (bicyclic) bond motifs is 1. The molecule has 7 nitrogen and oxygen atoms in total. The van der Waals surface area contributed by atoms with Gasteiger partial charge in [-0.2, -0.15) is 0 Å². The van der Waals surface area contributed by atoms with Gasteiger partial charge in [0.25, 0.3) is 5.91 Å². The number of methoxy groups -OCH3 is 1. The fourth-order valence-corrected chi connectivity index (χ4v) is 5.32. The van der Waals surface area contributed by atoms with Crippen molar-refractivity contribution in [3.05, 3.63) is 29.8 Å². The first-order chi connectivity index (χ1) is 14.4. The monoisotopic (exact) mass is 417 g/mol. The van der Waals surface area contributed by atoms with Crippen LogP contribution in [0.15, 0.2) is 24.3 Å². The third kappa shape index (κ3) is 4.18. The van der Waals surface area contributed by atoms with Crippen molar-refractivity contribution in [2.24, 2.45) is 11.8 Å². The molecule has 2 saturated carbocycles. The van der Waals surface area contributed by atoms with Crippen LogP contribution in [-0.2, 0) is 9.53 Å². The number of carbonyl (C=O) groups excluding carboxylic acids is 2. The normalized spacial score (nSPS) is 30.4. The van der Waals surface area contributed by atoms with E-state index in [0.29, 0.717) is 50.1 Å². The van der Waals surface area contributed by atoms with Gasteiger partial charge in [-0.15, -0.1) is 0 Å². The van der Waals surface area contributed by atoms with Crippen LogP contribution in [0.2, 0.25) is 0 Å². The van der Waals surface area contributed by atoms with E-state index in [1.54, 1.807) is 29.2 Å². The smallest absolute Gasteiger partial charge is 0.337 e. The minimum Gasteiger partial charge on any atom is -0.488 e. The fraction of sp³-hybridized carbons (Fsp3) is 0.652. The van der Waals surface area contributed by atoms with Crippen molar-refractivity contribution < 1.29 is 29.3 Å². The molecular formula is C23H31NO6. The first-order valence-electron chi connectivity index (χ1n) is 10.9. The molecular weight excluding hydrogens is 386 g/mol. The Morgan fingerprint density at radius 3 is 2.50 bits per heavy atom. The molecule has 3 aliphatic rings. The van der Waals surface area contributed by atoms with Crippen molar-refractivity contribution in [2.45, 2.75) is 62.8 Å². The van der Waals surface area contributed by atoms with Crippen LogP contribution >= 0.6 is 0 Å². The maximum absolute atomic E-state index is 13.0. The van der Waals surface area contributed by atoms with Crippen LogP contribution in [0.1, 0.15) is 55.3 Å². The van der Waals surface area contributed by atoms with Crippen LogP contribution in [0, 0.1) is 11.8 Å². The maximum atomic E-state index is 13.0. The Labute approximate surface area is 177 Å². The Morgan fingerprint density at radius 1 is 1.10 bits per heavy atom. The van der Waals surface area contributed by atoms with E-state index >= 15 is 0 Å². The SMILES string of the molecule is COC(=O)c1cccc(O[C@@H]2C[C@@H]3CN(C(=O)C4(O)CCCCC4)C[C@@H]3C[C@H]2O)c1. The second-order valence-electron chi connectivity index (χ2n) is 9.04. The number of nitrogens with zero attached hydrogens (tertiary/aromatic N) is 1. The topological polar surface area (TPSA) is 96.3 Å². The summed E-state index contributed by atoms with van der Waals surface area (Å²) in [6.07, 6.45) is 4.11. The maximum Gasteiger partial charge on any atom is 0.337 e. The molecule has 1 amide bonds. The van der Waals surface area contributed by atoms with Crippen LogP contribution in [0.25, 0.3) is 0 Å². The molecule has 1 heterocycles. The second-order valence-corrected chi connectivity index (χ2v) is 9.04. The summed E-state index contributed by atoms with van der Waals surface area (Å²) in [6.45, 7) is 1.19. The van der Waals surface area contributed by atoms with Crippen LogP contribution in [0.4, 0.5) is 0 Å². The molecule has 1 aliphatic heterocycles. The molecule has 164 valence electrons. The summed E-state index contributed by atoms with van der Waals surface area (Å²) >= 11 is 0. The van der Waals surface area contributed by atoms with Gasteiger partial charge >= 0.3 is 5.97 Å². The molecule has 7 heteroatoms. The van der Waals surface area contributed by atoms with E-state index in [2.05, 4.69) is 0 Å². The minimum atomic E-state index is -1.21. The molecule has 1 aromatic carbocycles. The highest BCUT2D eigenvalue weighted by atomic mass is 16.5. The van der Waals surface area contributed by atoms with Crippen molar-refractivity contribution >= 4 is 11.9 Å². The van der Waals surface area contributed by atoms with E-state index in [4.69, 9.17) is 9.47 Å². The molecule has 4 atom stereocenters. The van der Waals surface area contributed by atoms with Crippen LogP contribution < -0.4 is 4.74 Å². The van der Waals surface area contributed by atoms with Gasteiger partial charge in [0, 0.05) is 13.1 Å². The van der Waals surface area contributed by atoms with Gasteiger partial charge in [-0.1, -0.05) is 25.3 Å². The summed E-state index contributed by atoms with van der Waals surface area (Å²) < 4.78 is 10.8. The summed E-state index contributed by atoms with van der Waals surface area (Å²) in [5.74, 6) is 0.392. The lowest BCUT2D eigenvalue weighted by molar-refractivity contribution is -0.153. The summed E-state index contributed by atoms with van der Waals surface area (Å²) in [7, 11) is 1.33. The van der Waals surface area contributed by atoms with Crippen molar-refractivity contribution in [3.63, 3.8) is 0 Å². The summed E-state index contributed by atoms with van der Waals surface area (Å²) in [6, 6.07) is 6.75. The van der Waals surface area contributed by atoms with Crippen LogP contribution in [0.5, 0.6) is 5.75 Å². The standard InChI is InChI=1S/C23H31NO6/c1-29-21(26)15-6-5-7-18(10-15)30-20-12-17-14-24(13-16(17)11-19(20)25)22(27)23(28)8-3-2-4-9-23/h5-7,10,16-17,19-20,25,28H,2-4,8-9,11-14H2,1H3/t16-,17+,19+,20+/m0/s1. The van der Waals surface area contributed by atoms with E-state index < -0.39 is 23.8 Å². The number of ether oxygens (including phenoxy) is 2. The number of amides is 1. The minimum absolute atomic E-state index is 0.144. The number of aliphatic hydroxyl groups is 2. The van der Waals surface area contributed by atoms with Gasteiger partial charge < -0.3 is 24.6 Å². The quantitative estimate of drug-likeness (QED) is 0.729. The number of carbonyl (C=O) groups is 2. The highest BCUT2D eigenvalue weighted by molar-refractivity contribution is 5.89. The molecule has 2 N–H and O–H groups in total. The highest BCUT2D eigenvalue weighted by Gasteiger charge is 2.48. The molecule has 0 spiro atoms. The van der Waals surface area contributed by atoms with Crippen molar-refractivity contribution in [2.75, 3.05) is 20.2 Å². The first kappa shape index (κ1) is 21.1. The van der Waals surface area contributed by atoms with Gasteiger partial charge in [0.1, 0.15) is 17.5 Å². The van der Waals surface area contributed by atoms with Gasteiger partial charge in [0.05, 0.1) is 18.8 Å².